The number of benzene rings is 1. The third kappa shape index (κ3) is 2.41. The van der Waals surface area contributed by atoms with Gasteiger partial charge in [-0.3, -0.25) is 4.79 Å². The van der Waals surface area contributed by atoms with E-state index in [4.69, 9.17) is 0 Å². The normalized spacial score (nSPS) is 12.5. The molecule has 1 aromatic carbocycles. The van der Waals surface area contributed by atoms with Crippen molar-refractivity contribution in [2.75, 3.05) is 0 Å². The van der Waals surface area contributed by atoms with Crippen LogP contribution >= 0.6 is 0 Å². The molecular weight excluding hydrogens is 160 g/mol. The summed E-state index contributed by atoms with van der Waals surface area (Å²) in [6.07, 6.45) is 1.05. The van der Waals surface area contributed by atoms with Gasteiger partial charge in [-0.15, -0.1) is 0 Å². The number of hydrogen-bond donors (Lipinski definition) is 0. The van der Waals surface area contributed by atoms with Crippen molar-refractivity contribution in [2.45, 2.75) is 33.1 Å². The van der Waals surface area contributed by atoms with Crippen molar-refractivity contribution in [3.05, 3.63) is 35.4 Å². The lowest BCUT2D eigenvalue weighted by Crippen LogP contribution is -2.03. The van der Waals surface area contributed by atoms with Gasteiger partial charge < -0.3 is 0 Å². The van der Waals surface area contributed by atoms with Crippen LogP contribution in [0.15, 0.2) is 24.3 Å². The van der Waals surface area contributed by atoms with E-state index in [0.717, 1.165) is 12.0 Å². The number of hydrogen-bond acceptors (Lipinski definition) is 1. The maximum Gasteiger partial charge on any atom is 0.136 e. The van der Waals surface area contributed by atoms with E-state index in [1.165, 1.54) is 5.56 Å². The van der Waals surface area contributed by atoms with Crippen LogP contribution in [0, 0.1) is 0 Å². The second-order valence-corrected chi connectivity index (χ2v) is 3.43. The zero-order valence-corrected chi connectivity index (χ0v) is 8.50. The highest BCUT2D eigenvalue weighted by Gasteiger charge is 2.09. The van der Waals surface area contributed by atoms with Crippen LogP contribution in [0.2, 0.25) is 0 Å². The van der Waals surface area contributed by atoms with Crippen molar-refractivity contribution in [1.29, 1.82) is 0 Å². The summed E-state index contributed by atoms with van der Waals surface area (Å²) < 4.78 is 0. The smallest absolute Gasteiger partial charge is 0.136 e. The van der Waals surface area contributed by atoms with Crippen molar-refractivity contribution in [3.63, 3.8) is 0 Å². The van der Waals surface area contributed by atoms with Crippen LogP contribution in [-0.4, -0.2) is 5.78 Å². The molecule has 0 radical (unpaired) electrons. The number of carbonyl (C=O) groups is 1. The summed E-state index contributed by atoms with van der Waals surface area (Å²) in [5.41, 5.74) is 2.43. The van der Waals surface area contributed by atoms with E-state index < -0.39 is 0 Å². The fourth-order valence-corrected chi connectivity index (χ4v) is 1.28. The Labute approximate surface area is 79.8 Å². The highest BCUT2D eigenvalue weighted by molar-refractivity contribution is 5.82. The van der Waals surface area contributed by atoms with Gasteiger partial charge in [0, 0.05) is 5.92 Å². The summed E-state index contributed by atoms with van der Waals surface area (Å²) >= 11 is 0. The molecule has 0 aromatic heterocycles. The van der Waals surface area contributed by atoms with Gasteiger partial charge in [0.05, 0.1) is 0 Å². The molecule has 1 nitrogen and oxygen atoms in total. The van der Waals surface area contributed by atoms with Crippen LogP contribution < -0.4 is 0 Å². The molecule has 0 amide bonds. The van der Waals surface area contributed by atoms with E-state index in [2.05, 4.69) is 19.1 Å². The Morgan fingerprint density at radius 2 is 1.85 bits per heavy atom. The predicted octanol–water partition coefficient (Wildman–Crippen LogP) is 2.94. The summed E-state index contributed by atoms with van der Waals surface area (Å²) in [4.78, 5) is 11.1. The molecule has 1 heteroatoms. The minimum absolute atomic E-state index is 0.0332. The molecule has 1 atom stereocenters. The van der Waals surface area contributed by atoms with Crippen LogP contribution in [0.5, 0.6) is 0 Å². The Kier molecular flexibility index (Phi) is 3.24. The standard InChI is InChI=1S/C12H16O/c1-4-11-5-7-12(8-6-11)9(2)10(3)13/h5-9H,4H2,1-3H3/t9-/m1/s1. The third-order valence-electron chi connectivity index (χ3n) is 2.50. The van der Waals surface area contributed by atoms with Gasteiger partial charge >= 0.3 is 0 Å². The fourth-order valence-electron chi connectivity index (χ4n) is 1.28. The largest absolute Gasteiger partial charge is 0.299 e. The lowest BCUT2D eigenvalue weighted by Gasteiger charge is -2.07. The van der Waals surface area contributed by atoms with Gasteiger partial charge in [-0.25, -0.2) is 0 Å². The second kappa shape index (κ2) is 4.22. The molecule has 0 spiro atoms. The van der Waals surface area contributed by atoms with Crippen molar-refractivity contribution in [1.82, 2.24) is 0 Å². The molecule has 1 aromatic rings. The number of carbonyl (C=O) groups excluding carboxylic acids is 1. The maximum atomic E-state index is 11.1. The van der Waals surface area contributed by atoms with Crippen LogP contribution in [0.25, 0.3) is 0 Å². The summed E-state index contributed by atoms with van der Waals surface area (Å²) in [6.45, 7) is 5.71. The Hall–Kier alpha value is -1.11. The number of ketones is 1. The predicted molar refractivity (Wildman–Crippen MR) is 54.9 cm³/mol. The first kappa shape index (κ1) is 9.97. The fraction of sp³-hybridized carbons (Fsp3) is 0.417. The minimum Gasteiger partial charge on any atom is -0.299 e. The minimum atomic E-state index is 0.0332. The monoisotopic (exact) mass is 176 g/mol. The molecule has 0 bridgehead atoms. The van der Waals surface area contributed by atoms with Crippen molar-refractivity contribution in [3.8, 4) is 0 Å². The van der Waals surface area contributed by atoms with Crippen molar-refractivity contribution < 1.29 is 4.79 Å². The molecule has 0 heterocycles. The van der Waals surface area contributed by atoms with Gasteiger partial charge in [0.25, 0.3) is 0 Å². The number of rotatable bonds is 3. The van der Waals surface area contributed by atoms with Gasteiger partial charge in [-0.2, -0.15) is 0 Å². The first-order valence-corrected chi connectivity index (χ1v) is 4.74. The molecule has 0 saturated heterocycles. The van der Waals surface area contributed by atoms with Crippen LogP contribution in [0.4, 0.5) is 0 Å². The number of aryl methyl sites for hydroxylation is 1. The number of Topliss-reactive ketones (excluding diaryl/α,β-unsaturated/α-hetero) is 1. The Balaban J connectivity index is 2.85. The van der Waals surface area contributed by atoms with E-state index in [0.29, 0.717) is 0 Å². The average molecular weight is 176 g/mol. The summed E-state index contributed by atoms with van der Waals surface area (Å²) in [7, 11) is 0. The summed E-state index contributed by atoms with van der Waals surface area (Å²) in [5, 5.41) is 0. The topological polar surface area (TPSA) is 17.1 Å². The molecule has 13 heavy (non-hydrogen) atoms. The highest BCUT2D eigenvalue weighted by Crippen LogP contribution is 2.16. The molecule has 0 unspecified atom stereocenters. The lowest BCUT2D eigenvalue weighted by molar-refractivity contribution is -0.118. The molecule has 0 aliphatic rings. The third-order valence-corrected chi connectivity index (χ3v) is 2.50. The van der Waals surface area contributed by atoms with Crippen molar-refractivity contribution in [2.24, 2.45) is 0 Å². The SMILES string of the molecule is CCc1ccc([C@H](C)C(C)=O)cc1. The molecule has 1 rings (SSSR count). The van der Waals surface area contributed by atoms with E-state index in [9.17, 15) is 4.79 Å². The summed E-state index contributed by atoms with van der Waals surface area (Å²) in [5.74, 6) is 0.259. The Morgan fingerprint density at radius 3 is 2.23 bits per heavy atom. The van der Waals surface area contributed by atoms with Gasteiger partial charge in [0.15, 0.2) is 0 Å². The van der Waals surface area contributed by atoms with Crippen LogP contribution in [0.3, 0.4) is 0 Å². The van der Waals surface area contributed by atoms with E-state index >= 15 is 0 Å². The zero-order valence-electron chi connectivity index (χ0n) is 8.50. The first-order valence-electron chi connectivity index (χ1n) is 4.74. The van der Waals surface area contributed by atoms with Gasteiger partial charge in [-0.05, 0) is 24.5 Å². The quantitative estimate of drug-likeness (QED) is 0.692. The molecule has 0 N–H and O–H groups in total. The first-order chi connectivity index (χ1) is 6.15. The molecule has 0 aliphatic heterocycles. The summed E-state index contributed by atoms with van der Waals surface area (Å²) in [6, 6.07) is 8.28. The molecular formula is C12H16O. The van der Waals surface area contributed by atoms with Gasteiger partial charge in [0.2, 0.25) is 0 Å². The van der Waals surface area contributed by atoms with Gasteiger partial charge in [0.1, 0.15) is 5.78 Å². The Morgan fingerprint density at radius 1 is 1.31 bits per heavy atom. The molecule has 0 fully saturated rings. The van der Waals surface area contributed by atoms with E-state index in [-0.39, 0.29) is 11.7 Å². The second-order valence-electron chi connectivity index (χ2n) is 3.43. The van der Waals surface area contributed by atoms with Crippen LogP contribution in [0.1, 0.15) is 37.8 Å². The lowest BCUT2D eigenvalue weighted by atomic mass is 9.96. The van der Waals surface area contributed by atoms with Crippen LogP contribution in [-0.2, 0) is 11.2 Å². The van der Waals surface area contributed by atoms with E-state index in [1.54, 1.807) is 6.92 Å². The molecule has 0 aliphatic carbocycles. The van der Waals surface area contributed by atoms with Crippen molar-refractivity contribution >= 4 is 5.78 Å². The molecule has 0 saturated carbocycles. The zero-order chi connectivity index (χ0) is 9.84. The maximum absolute atomic E-state index is 11.1. The van der Waals surface area contributed by atoms with Gasteiger partial charge in [-0.1, -0.05) is 38.1 Å². The Bertz CT molecular complexity index is 284. The highest BCUT2D eigenvalue weighted by atomic mass is 16.1. The molecule has 70 valence electrons. The average Bonchev–Trinajstić information content (AvgIpc) is 2.17. The van der Waals surface area contributed by atoms with E-state index in [1.807, 2.05) is 19.1 Å².